The SMILES string of the molecule is COc1ccc(NC(=O)Nc2ccc(N3CCN(c4ccccc4OC)CC3)c(C(=O)NCC3CCCO3)c2)c(OC)c1. The Bertz CT molecular complexity index is 1420. The molecule has 3 amide bonds. The lowest BCUT2D eigenvalue weighted by molar-refractivity contribution is 0.0858. The summed E-state index contributed by atoms with van der Waals surface area (Å²) in [5.41, 5.74) is 3.33. The summed E-state index contributed by atoms with van der Waals surface area (Å²) in [4.78, 5) is 31.0. The molecule has 0 aromatic heterocycles. The molecule has 228 valence electrons. The van der Waals surface area contributed by atoms with Gasteiger partial charge in [0.2, 0.25) is 0 Å². The van der Waals surface area contributed by atoms with E-state index < -0.39 is 6.03 Å². The Morgan fingerprint density at radius 2 is 1.58 bits per heavy atom. The zero-order valence-electron chi connectivity index (χ0n) is 24.9. The van der Waals surface area contributed by atoms with Crippen LogP contribution >= 0.6 is 0 Å². The molecule has 0 bridgehead atoms. The molecular formula is C32H39N5O6. The summed E-state index contributed by atoms with van der Waals surface area (Å²) in [5.74, 6) is 1.71. The second-order valence-electron chi connectivity index (χ2n) is 10.4. The quantitative estimate of drug-likeness (QED) is 0.315. The highest BCUT2D eigenvalue weighted by molar-refractivity contribution is 6.04. The van der Waals surface area contributed by atoms with Gasteiger partial charge in [0.05, 0.1) is 44.4 Å². The highest BCUT2D eigenvalue weighted by Gasteiger charge is 2.25. The van der Waals surface area contributed by atoms with E-state index in [0.717, 1.165) is 49.7 Å². The number of benzene rings is 3. The highest BCUT2D eigenvalue weighted by Crippen LogP contribution is 2.32. The fourth-order valence-electron chi connectivity index (χ4n) is 5.44. The molecule has 1 atom stereocenters. The third-order valence-corrected chi connectivity index (χ3v) is 7.72. The van der Waals surface area contributed by atoms with Crippen LogP contribution in [0.3, 0.4) is 0 Å². The van der Waals surface area contributed by atoms with Crippen molar-refractivity contribution >= 4 is 34.7 Å². The summed E-state index contributed by atoms with van der Waals surface area (Å²) >= 11 is 0. The fraction of sp³-hybridized carbons (Fsp3) is 0.375. The van der Waals surface area contributed by atoms with Crippen LogP contribution in [-0.4, -0.2) is 78.7 Å². The molecular weight excluding hydrogens is 550 g/mol. The van der Waals surface area contributed by atoms with Crippen LogP contribution in [0.5, 0.6) is 17.2 Å². The minimum Gasteiger partial charge on any atom is -0.497 e. The number of methoxy groups -OCH3 is 3. The lowest BCUT2D eigenvalue weighted by Gasteiger charge is -2.38. The average Bonchev–Trinajstić information content (AvgIpc) is 3.57. The van der Waals surface area contributed by atoms with Crippen molar-refractivity contribution in [1.29, 1.82) is 0 Å². The molecule has 5 rings (SSSR count). The Morgan fingerprint density at radius 3 is 2.28 bits per heavy atom. The normalized spacial score (nSPS) is 16.4. The number of urea groups is 1. The van der Waals surface area contributed by atoms with E-state index in [4.69, 9.17) is 18.9 Å². The molecule has 2 heterocycles. The molecule has 11 heteroatoms. The second-order valence-corrected chi connectivity index (χ2v) is 10.4. The van der Waals surface area contributed by atoms with E-state index in [9.17, 15) is 9.59 Å². The van der Waals surface area contributed by atoms with Gasteiger partial charge in [0.15, 0.2) is 0 Å². The van der Waals surface area contributed by atoms with Crippen LogP contribution in [0.25, 0.3) is 0 Å². The van der Waals surface area contributed by atoms with Gasteiger partial charge in [-0.15, -0.1) is 0 Å². The second kappa shape index (κ2) is 14.0. The number of nitrogens with zero attached hydrogens (tertiary/aromatic N) is 2. The van der Waals surface area contributed by atoms with Gasteiger partial charge in [-0.25, -0.2) is 4.79 Å². The predicted octanol–water partition coefficient (Wildman–Crippen LogP) is 4.59. The van der Waals surface area contributed by atoms with E-state index in [1.165, 1.54) is 7.11 Å². The summed E-state index contributed by atoms with van der Waals surface area (Å²) in [6.45, 7) is 4.13. The van der Waals surface area contributed by atoms with E-state index >= 15 is 0 Å². The highest BCUT2D eigenvalue weighted by atomic mass is 16.5. The van der Waals surface area contributed by atoms with Crippen LogP contribution < -0.4 is 40.0 Å². The monoisotopic (exact) mass is 589 g/mol. The minimum atomic E-state index is -0.465. The maximum absolute atomic E-state index is 13.5. The third kappa shape index (κ3) is 7.23. The first-order valence-electron chi connectivity index (χ1n) is 14.5. The Hall–Kier alpha value is -4.64. The van der Waals surface area contributed by atoms with E-state index in [-0.39, 0.29) is 12.0 Å². The number of nitrogens with one attached hydrogen (secondary N) is 3. The Labute approximate surface area is 252 Å². The largest absolute Gasteiger partial charge is 0.497 e. The lowest BCUT2D eigenvalue weighted by atomic mass is 10.1. The molecule has 11 nitrogen and oxygen atoms in total. The molecule has 3 aromatic rings. The molecule has 2 fully saturated rings. The number of piperazine rings is 1. The predicted molar refractivity (Wildman–Crippen MR) is 167 cm³/mol. The third-order valence-electron chi connectivity index (χ3n) is 7.72. The van der Waals surface area contributed by atoms with Crippen molar-refractivity contribution in [3.63, 3.8) is 0 Å². The molecule has 1 unspecified atom stereocenters. The smallest absolute Gasteiger partial charge is 0.323 e. The molecule has 2 aliphatic rings. The van der Waals surface area contributed by atoms with E-state index in [0.29, 0.717) is 48.1 Å². The standard InChI is InChI=1S/C32H39N5O6/c1-40-23-11-12-26(30(20-23)42-3)35-32(39)34-22-10-13-27(25(19-22)31(38)33-21-24-7-6-18-43-24)36-14-16-37(17-15-36)28-8-4-5-9-29(28)41-2/h4-5,8-13,19-20,24H,6-7,14-18,21H2,1-3H3,(H,33,38)(H2,34,35,39). The number of anilines is 4. The van der Waals surface area contributed by atoms with Crippen LogP contribution in [0, 0.1) is 0 Å². The van der Waals surface area contributed by atoms with Crippen molar-refractivity contribution in [1.82, 2.24) is 5.32 Å². The van der Waals surface area contributed by atoms with Gasteiger partial charge in [0, 0.05) is 56.8 Å². The molecule has 43 heavy (non-hydrogen) atoms. The van der Waals surface area contributed by atoms with Gasteiger partial charge >= 0.3 is 6.03 Å². The van der Waals surface area contributed by atoms with E-state index in [1.807, 2.05) is 30.3 Å². The van der Waals surface area contributed by atoms with Gasteiger partial charge in [0.1, 0.15) is 17.2 Å². The number of hydrogen-bond donors (Lipinski definition) is 3. The average molecular weight is 590 g/mol. The fourth-order valence-corrected chi connectivity index (χ4v) is 5.44. The Balaban J connectivity index is 1.32. The minimum absolute atomic E-state index is 0.0170. The maximum atomic E-state index is 13.5. The molecule has 0 aliphatic carbocycles. The van der Waals surface area contributed by atoms with Crippen LogP contribution in [0.1, 0.15) is 23.2 Å². The topological polar surface area (TPSA) is 114 Å². The Morgan fingerprint density at radius 1 is 0.837 bits per heavy atom. The van der Waals surface area contributed by atoms with Crippen molar-refractivity contribution < 1.29 is 28.5 Å². The number of hydrogen-bond acceptors (Lipinski definition) is 8. The molecule has 2 aliphatic heterocycles. The zero-order valence-corrected chi connectivity index (χ0v) is 24.9. The number of ether oxygens (including phenoxy) is 4. The van der Waals surface area contributed by atoms with Gasteiger partial charge in [0.25, 0.3) is 5.91 Å². The number of rotatable bonds is 10. The lowest BCUT2D eigenvalue weighted by Crippen LogP contribution is -2.47. The van der Waals surface area contributed by atoms with E-state index in [2.05, 4.69) is 31.8 Å². The number of para-hydroxylation sites is 2. The maximum Gasteiger partial charge on any atom is 0.323 e. The molecule has 0 radical (unpaired) electrons. The molecule has 2 saturated heterocycles. The Kier molecular flexibility index (Phi) is 9.73. The molecule has 0 spiro atoms. The molecule has 3 N–H and O–H groups in total. The van der Waals surface area contributed by atoms with Crippen molar-refractivity contribution in [2.75, 3.05) is 81.1 Å². The van der Waals surface area contributed by atoms with Crippen LogP contribution in [-0.2, 0) is 4.74 Å². The number of amides is 3. The van der Waals surface area contributed by atoms with Gasteiger partial charge in [-0.2, -0.15) is 0 Å². The molecule has 0 saturated carbocycles. The first-order valence-corrected chi connectivity index (χ1v) is 14.5. The summed E-state index contributed by atoms with van der Waals surface area (Å²) < 4.78 is 21.9. The van der Waals surface area contributed by atoms with Crippen LogP contribution in [0.15, 0.2) is 60.7 Å². The van der Waals surface area contributed by atoms with Crippen molar-refractivity contribution in [3.05, 3.63) is 66.2 Å². The van der Waals surface area contributed by atoms with Gasteiger partial charge < -0.3 is 44.7 Å². The van der Waals surface area contributed by atoms with Crippen molar-refractivity contribution in [2.24, 2.45) is 0 Å². The van der Waals surface area contributed by atoms with E-state index in [1.54, 1.807) is 38.5 Å². The summed E-state index contributed by atoms with van der Waals surface area (Å²) in [6, 6.07) is 18.1. The van der Waals surface area contributed by atoms with Gasteiger partial charge in [-0.3, -0.25) is 4.79 Å². The summed E-state index contributed by atoms with van der Waals surface area (Å²) in [6.07, 6.45) is 1.94. The molecule has 3 aromatic carbocycles. The summed E-state index contributed by atoms with van der Waals surface area (Å²) in [7, 11) is 4.77. The van der Waals surface area contributed by atoms with Gasteiger partial charge in [-0.05, 0) is 55.3 Å². The van der Waals surface area contributed by atoms with Crippen molar-refractivity contribution in [3.8, 4) is 17.2 Å². The van der Waals surface area contributed by atoms with Gasteiger partial charge in [-0.1, -0.05) is 12.1 Å². The van der Waals surface area contributed by atoms with Crippen LogP contribution in [0.4, 0.5) is 27.5 Å². The first kappa shape index (κ1) is 29.8. The zero-order chi connectivity index (χ0) is 30.2. The summed E-state index contributed by atoms with van der Waals surface area (Å²) in [5, 5.41) is 8.70. The first-order chi connectivity index (χ1) is 21.0. The van der Waals surface area contributed by atoms with Crippen LogP contribution in [0.2, 0.25) is 0 Å². The van der Waals surface area contributed by atoms with Crippen molar-refractivity contribution in [2.45, 2.75) is 18.9 Å². The number of carbonyl (C=O) groups is 2. The number of carbonyl (C=O) groups excluding carboxylic acids is 2.